The summed E-state index contributed by atoms with van der Waals surface area (Å²) in [5.41, 5.74) is 1.62. The van der Waals surface area contributed by atoms with E-state index >= 15 is 0 Å². The molecule has 1 amide bonds. The summed E-state index contributed by atoms with van der Waals surface area (Å²) in [6, 6.07) is 3.49. The Morgan fingerprint density at radius 2 is 2.12 bits per heavy atom. The van der Waals surface area contributed by atoms with Gasteiger partial charge in [-0.05, 0) is 25.0 Å². The van der Waals surface area contributed by atoms with Gasteiger partial charge in [0.2, 0.25) is 5.91 Å². The zero-order valence-electron chi connectivity index (χ0n) is 13.9. The van der Waals surface area contributed by atoms with Crippen LogP contribution in [0.3, 0.4) is 0 Å². The molecule has 7 heteroatoms. The van der Waals surface area contributed by atoms with Gasteiger partial charge in [0.05, 0.1) is 18.0 Å². The van der Waals surface area contributed by atoms with E-state index in [-0.39, 0.29) is 18.4 Å². The summed E-state index contributed by atoms with van der Waals surface area (Å²) in [4.78, 5) is 32.4. The SMILES string of the molecule is O=C(Cc1csc(-c2cccnc2)n1)N[C@H]1CCCCC[C@H]1C(=O)O. The molecule has 2 N–H and O–H groups in total. The van der Waals surface area contributed by atoms with Gasteiger partial charge in [-0.2, -0.15) is 0 Å². The first-order chi connectivity index (χ1) is 12.1. The van der Waals surface area contributed by atoms with Crippen LogP contribution in [0.15, 0.2) is 29.9 Å². The smallest absolute Gasteiger partial charge is 0.308 e. The molecule has 2 aromatic heterocycles. The van der Waals surface area contributed by atoms with Crippen LogP contribution in [0.2, 0.25) is 0 Å². The number of nitrogens with one attached hydrogen (secondary N) is 1. The van der Waals surface area contributed by atoms with E-state index in [1.165, 1.54) is 11.3 Å². The molecule has 0 bridgehead atoms. The second-order valence-electron chi connectivity index (χ2n) is 6.32. The van der Waals surface area contributed by atoms with Crippen molar-refractivity contribution in [1.29, 1.82) is 0 Å². The first kappa shape index (κ1) is 17.5. The molecule has 0 unspecified atom stereocenters. The van der Waals surface area contributed by atoms with Crippen molar-refractivity contribution in [3.8, 4) is 10.6 Å². The van der Waals surface area contributed by atoms with Crippen molar-refractivity contribution in [2.45, 2.75) is 44.6 Å². The molecule has 3 rings (SSSR count). The minimum Gasteiger partial charge on any atom is -0.481 e. The van der Waals surface area contributed by atoms with Crippen LogP contribution in [0.5, 0.6) is 0 Å². The number of aromatic nitrogens is 2. The molecular weight excluding hydrogens is 338 g/mol. The van der Waals surface area contributed by atoms with E-state index in [0.29, 0.717) is 12.1 Å². The molecule has 1 aliphatic carbocycles. The van der Waals surface area contributed by atoms with Crippen molar-refractivity contribution in [3.63, 3.8) is 0 Å². The molecular formula is C18H21N3O3S. The fourth-order valence-electron chi connectivity index (χ4n) is 3.21. The third-order valence-corrected chi connectivity index (χ3v) is 5.42. The molecule has 1 aliphatic rings. The lowest BCUT2D eigenvalue weighted by Crippen LogP contribution is -2.43. The average molecular weight is 359 g/mol. The first-order valence-electron chi connectivity index (χ1n) is 8.50. The van der Waals surface area contributed by atoms with E-state index in [1.807, 2.05) is 17.5 Å². The maximum Gasteiger partial charge on any atom is 0.308 e. The van der Waals surface area contributed by atoms with Crippen molar-refractivity contribution in [2.24, 2.45) is 5.92 Å². The Morgan fingerprint density at radius 3 is 2.88 bits per heavy atom. The fraction of sp³-hybridized carbons (Fsp3) is 0.444. The molecule has 1 saturated carbocycles. The predicted octanol–water partition coefficient (Wildman–Crippen LogP) is 2.90. The van der Waals surface area contributed by atoms with Crippen molar-refractivity contribution in [2.75, 3.05) is 0 Å². The summed E-state index contributed by atoms with van der Waals surface area (Å²) in [6.45, 7) is 0. The van der Waals surface area contributed by atoms with E-state index < -0.39 is 11.9 Å². The Bertz CT molecular complexity index is 732. The molecule has 132 valence electrons. The number of pyridine rings is 1. The second-order valence-corrected chi connectivity index (χ2v) is 7.18. The molecule has 0 radical (unpaired) electrons. The normalized spacial score (nSPS) is 20.6. The van der Waals surface area contributed by atoms with Gasteiger partial charge >= 0.3 is 5.97 Å². The van der Waals surface area contributed by atoms with Crippen LogP contribution in [-0.2, 0) is 16.0 Å². The van der Waals surface area contributed by atoms with Gasteiger partial charge < -0.3 is 10.4 Å². The number of carboxylic acid groups (broad SMARTS) is 1. The van der Waals surface area contributed by atoms with E-state index in [9.17, 15) is 14.7 Å². The number of nitrogens with zero attached hydrogens (tertiary/aromatic N) is 2. The lowest BCUT2D eigenvalue weighted by atomic mass is 9.95. The number of carbonyl (C=O) groups excluding carboxylic acids is 1. The summed E-state index contributed by atoms with van der Waals surface area (Å²) in [5, 5.41) is 15.0. The van der Waals surface area contributed by atoms with Crippen LogP contribution >= 0.6 is 11.3 Å². The quantitative estimate of drug-likeness (QED) is 0.801. The van der Waals surface area contributed by atoms with E-state index in [0.717, 1.165) is 36.3 Å². The van der Waals surface area contributed by atoms with Gasteiger partial charge in [-0.25, -0.2) is 4.98 Å². The van der Waals surface area contributed by atoms with Crippen LogP contribution in [-0.4, -0.2) is 33.0 Å². The maximum atomic E-state index is 12.4. The van der Waals surface area contributed by atoms with Gasteiger partial charge in [0, 0.05) is 29.4 Å². The van der Waals surface area contributed by atoms with Crippen LogP contribution in [0.1, 0.15) is 37.8 Å². The van der Waals surface area contributed by atoms with E-state index in [1.54, 1.807) is 12.4 Å². The van der Waals surface area contributed by atoms with Gasteiger partial charge in [0.1, 0.15) is 5.01 Å². The maximum absolute atomic E-state index is 12.4. The number of hydrogen-bond acceptors (Lipinski definition) is 5. The summed E-state index contributed by atoms with van der Waals surface area (Å²) in [5.74, 6) is -1.48. The van der Waals surface area contributed by atoms with Crippen molar-refractivity contribution < 1.29 is 14.7 Å². The highest BCUT2D eigenvalue weighted by atomic mass is 32.1. The van der Waals surface area contributed by atoms with Gasteiger partial charge in [0.25, 0.3) is 0 Å². The number of amides is 1. The van der Waals surface area contributed by atoms with Gasteiger partial charge in [-0.3, -0.25) is 14.6 Å². The molecule has 0 aliphatic heterocycles. The molecule has 0 aromatic carbocycles. The number of rotatable bonds is 5. The van der Waals surface area contributed by atoms with Gasteiger partial charge in [-0.1, -0.05) is 19.3 Å². The first-order valence-corrected chi connectivity index (χ1v) is 9.38. The number of aliphatic carboxylic acids is 1. The minimum atomic E-state index is -0.820. The van der Waals surface area contributed by atoms with Crippen molar-refractivity contribution >= 4 is 23.2 Å². The zero-order chi connectivity index (χ0) is 17.6. The Morgan fingerprint density at radius 1 is 1.28 bits per heavy atom. The molecule has 0 saturated heterocycles. The van der Waals surface area contributed by atoms with E-state index in [2.05, 4.69) is 15.3 Å². The average Bonchev–Trinajstić information content (AvgIpc) is 2.93. The highest BCUT2D eigenvalue weighted by Gasteiger charge is 2.30. The number of hydrogen-bond donors (Lipinski definition) is 2. The van der Waals surface area contributed by atoms with Crippen molar-refractivity contribution in [3.05, 3.63) is 35.6 Å². The second kappa shape index (κ2) is 8.20. The third-order valence-electron chi connectivity index (χ3n) is 4.48. The molecule has 25 heavy (non-hydrogen) atoms. The Kier molecular flexibility index (Phi) is 5.75. The zero-order valence-corrected chi connectivity index (χ0v) is 14.7. The van der Waals surface area contributed by atoms with Crippen LogP contribution in [0.25, 0.3) is 10.6 Å². The Hall–Kier alpha value is -2.28. The molecule has 2 heterocycles. The summed E-state index contributed by atoms with van der Waals surface area (Å²) < 4.78 is 0. The van der Waals surface area contributed by atoms with Crippen molar-refractivity contribution in [1.82, 2.24) is 15.3 Å². The van der Waals surface area contributed by atoms with Crippen LogP contribution < -0.4 is 5.32 Å². The topological polar surface area (TPSA) is 92.2 Å². The summed E-state index contributed by atoms with van der Waals surface area (Å²) >= 11 is 1.47. The fourth-order valence-corrected chi connectivity index (χ4v) is 4.02. The number of thiazole rings is 1. The van der Waals surface area contributed by atoms with Gasteiger partial charge in [-0.15, -0.1) is 11.3 Å². The van der Waals surface area contributed by atoms with Crippen LogP contribution in [0, 0.1) is 5.92 Å². The molecule has 6 nitrogen and oxygen atoms in total. The standard InChI is InChI=1S/C18H21N3O3S/c22-16(21-15-7-3-1-2-6-14(15)18(23)24)9-13-11-25-17(20-13)12-5-4-8-19-10-12/h4-5,8,10-11,14-15H,1-3,6-7,9H2,(H,21,22)(H,23,24)/t14-,15+/m1/s1. The van der Waals surface area contributed by atoms with Gasteiger partial charge in [0.15, 0.2) is 0 Å². The number of carbonyl (C=O) groups is 2. The highest BCUT2D eigenvalue weighted by molar-refractivity contribution is 7.13. The monoisotopic (exact) mass is 359 g/mol. The Balaban J connectivity index is 1.62. The molecule has 2 atom stereocenters. The lowest BCUT2D eigenvalue weighted by Gasteiger charge is -2.22. The molecule has 0 spiro atoms. The molecule has 1 fully saturated rings. The highest BCUT2D eigenvalue weighted by Crippen LogP contribution is 2.25. The molecule has 2 aromatic rings. The lowest BCUT2D eigenvalue weighted by molar-refractivity contribution is -0.143. The predicted molar refractivity (Wildman–Crippen MR) is 95.2 cm³/mol. The van der Waals surface area contributed by atoms with E-state index in [4.69, 9.17) is 0 Å². The summed E-state index contributed by atoms with van der Waals surface area (Å²) in [7, 11) is 0. The Labute approximate surface area is 150 Å². The number of carboxylic acids is 1. The van der Waals surface area contributed by atoms with Crippen LogP contribution in [0.4, 0.5) is 0 Å². The minimum absolute atomic E-state index is 0.166. The third kappa shape index (κ3) is 4.63. The largest absolute Gasteiger partial charge is 0.481 e. The summed E-state index contributed by atoms with van der Waals surface area (Å²) in [6.07, 6.45) is 7.85.